The summed E-state index contributed by atoms with van der Waals surface area (Å²) in [6.45, 7) is 5.69. The minimum Gasteiger partial charge on any atom is -0.478 e. The van der Waals surface area contributed by atoms with E-state index < -0.39 is 11.6 Å². The third-order valence-electron chi connectivity index (χ3n) is 3.10. The second kappa shape index (κ2) is 4.35. The number of nitrogens with zero attached hydrogens (tertiary/aromatic N) is 1. The minimum absolute atomic E-state index is 0.171. The maximum absolute atomic E-state index is 11.2. The van der Waals surface area contributed by atoms with Crippen LogP contribution in [0.1, 0.15) is 33.6 Å². The van der Waals surface area contributed by atoms with Crippen molar-refractivity contribution in [3.8, 4) is 0 Å². The number of aliphatic carboxylic acids is 1. The van der Waals surface area contributed by atoms with E-state index in [0.29, 0.717) is 12.0 Å². The molecule has 1 saturated heterocycles. The van der Waals surface area contributed by atoms with Crippen molar-refractivity contribution >= 4 is 11.9 Å². The van der Waals surface area contributed by atoms with E-state index in [-0.39, 0.29) is 17.7 Å². The summed E-state index contributed by atoms with van der Waals surface area (Å²) in [5, 5.41) is 10.9. The molecule has 2 aliphatic heterocycles. The van der Waals surface area contributed by atoms with Gasteiger partial charge in [0, 0.05) is 0 Å². The van der Waals surface area contributed by atoms with Crippen molar-refractivity contribution < 1.29 is 19.5 Å². The lowest BCUT2D eigenvalue weighted by Gasteiger charge is -2.37. The number of hydroxylamine groups is 2. The van der Waals surface area contributed by atoms with Crippen LogP contribution in [0.5, 0.6) is 0 Å². The standard InChI is InChI=1S/C13H17NO4/c1-13(2,3)18-14-10-4-5-11(14)9(12(16)17)6-8(10)7-15/h6,10-11H,4-5H2,1-3H3,(H,16,17)/t10-,11+/m0/s1. The SMILES string of the molecule is CC(C)(C)ON1[C@@H]2CC[C@H]1C(=C=O)C=C2C(=O)O. The van der Waals surface area contributed by atoms with Crippen LogP contribution in [0.25, 0.3) is 0 Å². The maximum Gasteiger partial charge on any atom is 0.333 e. The van der Waals surface area contributed by atoms with Crippen molar-refractivity contribution in [1.82, 2.24) is 5.06 Å². The lowest BCUT2D eigenvalue weighted by molar-refractivity contribution is -0.245. The van der Waals surface area contributed by atoms with Gasteiger partial charge in [-0.3, -0.25) is 4.84 Å². The Kier molecular flexibility index (Phi) is 3.15. The van der Waals surface area contributed by atoms with E-state index in [2.05, 4.69) is 0 Å². The molecule has 5 nitrogen and oxygen atoms in total. The van der Waals surface area contributed by atoms with Gasteiger partial charge in [0.2, 0.25) is 0 Å². The van der Waals surface area contributed by atoms with Crippen molar-refractivity contribution in [1.29, 1.82) is 0 Å². The molecule has 0 aromatic rings. The van der Waals surface area contributed by atoms with Gasteiger partial charge in [0.15, 0.2) is 0 Å². The second-order valence-corrected chi connectivity index (χ2v) is 5.63. The first-order valence-corrected chi connectivity index (χ1v) is 6.01. The maximum atomic E-state index is 11.2. The van der Waals surface area contributed by atoms with Gasteiger partial charge in [0.1, 0.15) is 5.94 Å². The summed E-state index contributed by atoms with van der Waals surface area (Å²) < 4.78 is 0. The zero-order chi connectivity index (χ0) is 13.5. The number of fused-ring (bicyclic) bond motifs is 2. The molecule has 0 radical (unpaired) electrons. The van der Waals surface area contributed by atoms with Gasteiger partial charge in [0.05, 0.1) is 28.8 Å². The van der Waals surface area contributed by atoms with Gasteiger partial charge in [-0.25, -0.2) is 9.59 Å². The van der Waals surface area contributed by atoms with Gasteiger partial charge in [-0.1, -0.05) is 0 Å². The average molecular weight is 251 g/mol. The first-order valence-electron chi connectivity index (χ1n) is 6.01. The van der Waals surface area contributed by atoms with E-state index in [1.54, 1.807) is 5.06 Å². The van der Waals surface area contributed by atoms with Crippen LogP contribution < -0.4 is 0 Å². The lowest BCUT2D eigenvalue weighted by Crippen LogP contribution is -2.46. The van der Waals surface area contributed by atoms with Crippen LogP contribution in [-0.4, -0.2) is 39.8 Å². The number of hydrogen-bond acceptors (Lipinski definition) is 4. The average Bonchev–Trinajstić information content (AvgIpc) is 2.53. The molecule has 2 aliphatic rings. The van der Waals surface area contributed by atoms with Gasteiger partial charge in [0.25, 0.3) is 0 Å². The Labute approximate surface area is 106 Å². The van der Waals surface area contributed by atoms with E-state index in [4.69, 9.17) is 4.84 Å². The van der Waals surface area contributed by atoms with Crippen molar-refractivity contribution in [2.24, 2.45) is 0 Å². The molecule has 2 heterocycles. The van der Waals surface area contributed by atoms with Crippen LogP contribution in [0.4, 0.5) is 0 Å². The van der Waals surface area contributed by atoms with E-state index in [1.807, 2.05) is 26.7 Å². The van der Waals surface area contributed by atoms with Crippen molar-refractivity contribution in [2.75, 3.05) is 0 Å². The van der Waals surface area contributed by atoms with E-state index >= 15 is 0 Å². The molecule has 5 heteroatoms. The van der Waals surface area contributed by atoms with Crippen LogP contribution in [0.15, 0.2) is 17.2 Å². The number of carboxylic acids is 1. The molecule has 0 aliphatic carbocycles. The highest BCUT2D eigenvalue weighted by Crippen LogP contribution is 2.39. The summed E-state index contributed by atoms with van der Waals surface area (Å²) >= 11 is 0. The molecule has 2 rings (SSSR count). The molecule has 1 N–H and O–H groups in total. The van der Waals surface area contributed by atoms with Crippen LogP contribution in [0.2, 0.25) is 0 Å². The molecule has 0 aromatic heterocycles. The summed E-state index contributed by atoms with van der Waals surface area (Å²) in [7, 11) is 0. The third-order valence-corrected chi connectivity index (χ3v) is 3.10. The summed E-state index contributed by atoms with van der Waals surface area (Å²) in [5.41, 5.74) is 0.159. The van der Waals surface area contributed by atoms with Crippen molar-refractivity contribution in [2.45, 2.75) is 51.3 Å². The molecular weight excluding hydrogens is 234 g/mol. The molecule has 0 saturated carbocycles. The quantitative estimate of drug-likeness (QED) is 0.750. The van der Waals surface area contributed by atoms with E-state index in [9.17, 15) is 14.7 Å². The Bertz CT molecular complexity index is 454. The molecule has 2 atom stereocenters. The van der Waals surface area contributed by atoms with Gasteiger partial charge in [-0.15, -0.1) is 0 Å². The predicted octanol–water partition coefficient (Wildman–Crippen LogP) is 1.33. The molecule has 0 unspecified atom stereocenters. The Morgan fingerprint density at radius 2 is 2.06 bits per heavy atom. The summed E-state index contributed by atoms with van der Waals surface area (Å²) in [5.74, 6) is 0.833. The van der Waals surface area contributed by atoms with Crippen LogP contribution in [-0.2, 0) is 14.4 Å². The zero-order valence-electron chi connectivity index (χ0n) is 10.8. The minimum atomic E-state index is -1.00. The Hall–Kier alpha value is -1.42. The molecule has 1 fully saturated rings. The van der Waals surface area contributed by atoms with Gasteiger partial charge < -0.3 is 5.11 Å². The highest BCUT2D eigenvalue weighted by molar-refractivity contribution is 5.90. The molecule has 2 bridgehead atoms. The first-order chi connectivity index (χ1) is 8.33. The molecule has 98 valence electrons. The Morgan fingerprint density at radius 1 is 1.44 bits per heavy atom. The normalized spacial score (nSPS) is 27.9. The number of rotatable bonds is 2. The fourth-order valence-electron chi connectivity index (χ4n) is 2.48. The molecule has 18 heavy (non-hydrogen) atoms. The van der Waals surface area contributed by atoms with Gasteiger partial charge in [-0.2, -0.15) is 5.06 Å². The van der Waals surface area contributed by atoms with Crippen LogP contribution in [0, 0.1) is 0 Å². The first kappa shape index (κ1) is 13.0. The summed E-state index contributed by atoms with van der Waals surface area (Å²) in [4.78, 5) is 28.0. The number of hydrogen-bond donors (Lipinski definition) is 1. The highest BCUT2D eigenvalue weighted by Gasteiger charge is 2.45. The van der Waals surface area contributed by atoms with E-state index in [0.717, 1.165) is 6.42 Å². The molecule has 0 amide bonds. The predicted molar refractivity (Wildman–Crippen MR) is 64.4 cm³/mol. The number of carbonyl (C=O) groups excluding carboxylic acids is 1. The molecule has 0 aromatic carbocycles. The highest BCUT2D eigenvalue weighted by atomic mass is 16.7. The molecular formula is C13H17NO4. The third kappa shape index (κ3) is 2.25. The topological polar surface area (TPSA) is 66.8 Å². The second-order valence-electron chi connectivity index (χ2n) is 5.63. The van der Waals surface area contributed by atoms with Crippen molar-refractivity contribution in [3.05, 3.63) is 17.2 Å². The Morgan fingerprint density at radius 3 is 2.56 bits per heavy atom. The number of carbonyl (C=O) groups is 1. The lowest BCUT2D eigenvalue weighted by atomic mass is 10.0. The summed E-state index contributed by atoms with van der Waals surface area (Å²) in [6, 6.07) is -0.446. The van der Waals surface area contributed by atoms with Gasteiger partial charge >= 0.3 is 5.97 Å². The smallest absolute Gasteiger partial charge is 0.333 e. The molecule has 0 spiro atoms. The summed E-state index contributed by atoms with van der Waals surface area (Å²) in [6.07, 6.45) is 2.85. The fraction of sp³-hybridized carbons (Fsp3) is 0.615. The number of carboxylic acid groups (broad SMARTS) is 1. The monoisotopic (exact) mass is 251 g/mol. The van der Waals surface area contributed by atoms with Crippen LogP contribution >= 0.6 is 0 Å². The zero-order valence-corrected chi connectivity index (χ0v) is 10.8. The van der Waals surface area contributed by atoms with E-state index in [1.165, 1.54) is 6.08 Å². The van der Waals surface area contributed by atoms with Gasteiger partial charge in [-0.05, 0) is 39.7 Å². The Balaban J connectivity index is 2.38. The van der Waals surface area contributed by atoms with Crippen molar-refractivity contribution in [3.63, 3.8) is 0 Å². The fourth-order valence-corrected chi connectivity index (χ4v) is 2.48. The largest absolute Gasteiger partial charge is 0.478 e. The van der Waals surface area contributed by atoms with Crippen LogP contribution in [0.3, 0.4) is 0 Å².